The Kier molecular flexibility index (Phi) is 4.69. The fourth-order valence-electron chi connectivity index (χ4n) is 1.17. The third-order valence-electron chi connectivity index (χ3n) is 1.49. The normalized spacial score (nSPS) is 15.0. The lowest BCUT2D eigenvalue weighted by Gasteiger charge is -2.27. The van der Waals surface area contributed by atoms with Crippen LogP contribution in [0, 0.1) is 0 Å². The minimum absolute atomic E-state index is 0.114. The highest BCUT2D eigenvalue weighted by Crippen LogP contribution is 2.04. The van der Waals surface area contributed by atoms with Crippen LogP contribution < -0.4 is 5.32 Å². The monoisotopic (exact) mass is 159 g/mol. The van der Waals surface area contributed by atoms with Crippen molar-refractivity contribution in [3.8, 4) is 0 Å². The Morgan fingerprint density at radius 3 is 2.18 bits per heavy atom. The number of rotatable bonds is 4. The molecule has 1 atom stereocenters. The van der Waals surface area contributed by atoms with Gasteiger partial charge in [-0.15, -0.1) is 0 Å². The molecule has 11 heavy (non-hydrogen) atoms. The van der Waals surface area contributed by atoms with E-state index in [1.807, 2.05) is 0 Å². The molecule has 0 unspecified atom stereocenters. The molecule has 0 fully saturated rings. The van der Waals surface area contributed by atoms with Crippen molar-refractivity contribution in [2.24, 2.45) is 0 Å². The van der Waals surface area contributed by atoms with Gasteiger partial charge in [0.2, 0.25) is 0 Å². The zero-order chi connectivity index (χ0) is 8.91. The SMILES string of the molecule is CCC[C@H](CO)NC(C)(C)C. The third kappa shape index (κ3) is 6.32. The molecular formula is C9H21NO. The van der Waals surface area contributed by atoms with Gasteiger partial charge < -0.3 is 10.4 Å². The zero-order valence-electron chi connectivity index (χ0n) is 8.15. The Labute approximate surface area is 70.0 Å². The standard InChI is InChI=1S/C9H21NO/c1-5-6-8(7-11)10-9(2,3)4/h8,10-11H,5-7H2,1-4H3/t8-/m1/s1. The van der Waals surface area contributed by atoms with Crippen molar-refractivity contribution < 1.29 is 5.11 Å². The molecule has 0 aromatic heterocycles. The first kappa shape index (κ1) is 10.9. The van der Waals surface area contributed by atoms with Gasteiger partial charge in [-0.25, -0.2) is 0 Å². The van der Waals surface area contributed by atoms with Gasteiger partial charge in [-0.2, -0.15) is 0 Å². The zero-order valence-corrected chi connectivity index (χ0v) is 8.15. The van der Waals surface area contributed by atoms with E-state index in [2.05, 4.69) is 33.0 Å². The maximum absolute atomic E-state index is 8.96. The predicted octanol–water partition coefficient (Wildman–Crippen LogP) is 1.54. The van der Waals surface area contributed by atoms with Crippen molar-refractivity contribution in [3.05, 3.63) is 0 Å². The summed E-state index contributed by atoms with van der Waals surface area (Å²) in [6.45, 7) is 8.72. The lowest BCUT2D eigenvalue weighted by Crippen LogP contribution is -2.45. The molecule has 0 heterocycles. The molecule has 2 N–H and O–H groups in total. The minimum Gasteiger partial charge on any atom is -0.395 e. The van der Waals surface area contributed by atoms with Gasteiger partial charge in [0, 0.05) is 11.6 Å². The van der Waals surface area contributed by atoms with Gasteiger partial charge in [0.25, 0.3) is 0 Å². The highest BCUT2D eigenvalue weighted by Gasteiger charge is 2.14. The van der Waals surface area contributed by atoms with Crippen LogP contribution in [0.4, 0.5) is 0 Å². The van der Waals surface area contributed by atoms with E-state index in [0.717, 1.165) is 12.8 Å². The summed E-state index contributed by atoms with van der Waals surface area (Å²) < 4.78 is 0. The van der Waals surface area contributed by atoms with Gasteiger partial charge in [0.1, 0.15) is 0 Å². The third-order valence-corrected chi connectivity index (χ3v) is 1.49. The molecule has 2 heteroatoms. The molecule has 0 aliphatic carbocycles. The van der Waals surface area contributed by atoms with Crippen LogP contribution in [-0.4, -0.2) is 23.3 Å². The molecular weight excluding hydrogens is 138 g/mol. The van der Waals surface area contributed by atoms with E-state index in [1.165, 1.54) is 0 Å². The number of nitrogens with one attached hydrogen (secondary N) is 1. The first-order chi connectivity index (χ1) is 4.99. The Balaban J connectivity index is 3.68. The van der Waals surface area contributed by atoms with E-state index in [4.69, 9.17) is 5.11 Å². The fourth-order valence-corrected chi connectivity index (χ4v) is 1.17. The molecule has 0 aliphatic heterocycles. The lowest BCUT2D eigenvalue weighted by atomic mass is 10.1. The van der Waals surface area contributed by atoms with E-state index in [9.17, 15) is 0 Å². The molecule has 0 aromatic carbocycles. The average molecular weight is 159 g/mol. The summed E-state index contributed by atoms with van der Waals surface area (Å²) in [6, 6.07) is 0.264. The summed E-state index contributed by atoms with van der Waals surface area (Å²) in [7, 11) is 0. The van der Waals surface area contributed by atoms with Gasteiger partial charge >= 0.3 is 0 Å². The number of aliphatic hydroxyl groups excluding tert-OH is 1. The second-order valence-electron chi connectivity index (χ2n) is 4.06. The topological polar surface area (TPSA) is 32.3 Å². The Morgan fingerprint density at radius 1 is 1.36 bits per heavy atom. The molecule has 0 amide bonds. The van der Waals surface area contributed by atoms with E-state index >= 15 is 0 Å². The molecule has 0 aliphatic rings. The highest BCUT2D eigenvalue weighted by molar-refractivity contribution is 4.76. The van der Waals surface area contributed by atoms with Crippen LogP contribution in [0.2, 0.25) is 0 Å². The molecule has 0 spiro atoms. The highest BCUT2D eigenvalue weighted by atomic mass is 16.3. The minimum atomic E-state index is 0.114. The molecule has 0 rings (SSSR count). The second kappa shape index (κ2) is 4.73. The summed E-state index contributed by atoms with van der Waals surface area (Å²) in [4.78, 5) is 0. The number of hydrogen-bond donors (Lipinski definition) is 2. The van der Waals surface area contributed by atoms with E-state index < -0.39 is 0 Å². The van der Waals surface area contributed by atoms with Crippen LogP contribution in [0.1, 0.15) is 40.5 Å². The van der Waals surface area contributed by atoms with Crippen LogP contribution in [0.3, 0.4) is 0 Å². The number of aliphatic hydroxyl groups is 1. The van der Waals surface area contributed by atoms with Crippen LogP contribution in [0.15, 0.2) is 0 Å². The Hall–Kier alpha value is -0.0800. The molecule has 0 radical (unpaired) electrons. The van der Waals surface area contributed by atoms with E-state index in [1.54, 1.807) is 0 Å². The summed E-state index contributed by atoms with van der Waals surface area (Å²) in [5, 5.41) is 12.3. The summed E-state index contributed by atoms with van der Waals surface area (Å²) in [5.74, 6) is 0. The van der Waals surface area contributed by atoms with Crippen molar-refractivity contribution in [1.29, 1.82) is 0 Å². The van der Waals surface area contributed by atoms with Gasteiger partial charge in [-0.3, -0.25) is 0 Å². The first-order valence-electron chi connectivity index (χ1n) is 4.38. The summed E-state index contributed by atoms with van der Waals surface area (Å²) >= 11 is 0. The number of hydrogen-bond acceptors (Lipinski definition) is 2. The average Bonchev–Trinajstić information content (AvgIpc) is 1.84. The van der Waals surface area contributed by atoms with E-state index in [0.29, 0.717) is 0 Å². The lowest BCUT2D eigenvalue weighted by molar-refractivity contribution is 0.208. The molecule has 0 aromatic rings. The largest absolute Gasteiger partial charge is 0.395 e. The first-order valence-corrected chi connectivity index (χ1v) is 4.38. The molecule has 68 valence electrons. The molecule has 2 nitrogen and oxygen atoms in total. The van der Waals surface area contributed by atoms with Crippen LogP contribution >= 0.6 is 0 Å². The fraction of sp³-hybridized carbons (Fsp3) is 1.00. The summed E-state index contributed by atoms with van der Waals surface area (Å²) in [6.07, 6.45) is 2.17. The van der Waals surface area contributed by atoms with Crippen LogP contribution in [0.25, 0.3) is 0 Å². The van der Waals surface area contributed by atoms with Gasteiger partial charge in [-0.05, 0) is 27.2 Å². The van der Waals surface area contributed by atoms with Gasteiger partial charge in [-0.1, -0.05) is 13.3 Å². The molecule has 0 bridgehead atoms. The molecule has 0 saturated carbocycles. The van der Waals surface area contributed by atoms with Crippen molar-refractivity contribution in [3.63, 3.8) is 0 Å². The second-order valence-corrected chi connectivity index (χ2v) is 4.06. The van der Waals surface area contributed by atoms with Crippen molar-refractivity contribution in [2.75, 3.05) is 6.61 Å². The smallest absolute Gasteiger partial charge is 0.0584 e. The Bertz CT molecular complexity index is 96.2. The van der Waals surface area contributed by atoms with Gasteiger partial charge in [0.05, 0.1) is 6.61 Å². The van der Waals surface area contributed by atoms with E-state index in [-0.39, 0.29) is 18.2 Å². The predicted molar refractivity (Wildman–Crippen MR) is 48.7 cm³/mol. The molecule has 0 saturated heterocycles. The van der Waals surface area contributed by atoms with Crippen molar-refractivity contribution in [2.45, 2.75) is 52.1 Å². The summed E-state index contributed by atoms with van der Waals surface area (Å²) in [5.41, 5.74) is 0.114. The Morgan fingerprint density at radius 2 is 1.91 bits per heavy atom. The maximum atomic E-state index is 8.96. The maximum Gasteiger partial charge on any atom is 0.0584 e. The quantitative estimate of drug-likeness (QED) is 0.652. The van der Waals surface area contributed by atoms with Crippen molar-refractivity contribution in [1.82, 2.24) is 5.32 Å². The van der Waals surface area contributed by atoms with Gasteiger partial charge in [0.15, 0.2) is 0 Å². The van der Waals surface area contributed by atoms with Crippen molar-refractivity contribution >= 4 is 0 Å². The van der Waals surface area contributed by atoms with Crippen LogP contribution in [-0.2, 0) is 0 Å². The van der Waals surface area contributed by atoms with Crippen LogP contribution in [0.5, 0.6) is 0 Å².